The van der Waals surface area contributed by atoms with Gasteiger partial charge in [-0.1, -0.05) is 0 Å². The molecule has 0 spiro atoms. The molecular formula is C18H18F4N4O2. The number of halogens is 4. The minimum atomic E-state index is -4.83. The van der Waals surface area contributed by atoms with Crippen LogP contribution in [-0.2, 0) is 19.3 Å². The summed E-state index contributed by atoms with van der Waals surface area (Å²) in [5.41, 5.74) is -1.72. The second-order valence-corrected chi connectivity index (χ2v) is 6.95. The summed E-state index contributed by atoms with van der Waals surface area (Å²) in [4.78, 5) is 13.1. The van der Waals surface area contributed by atoms with Gasteiger partial charge in [-0.15, -0.1) is 0 Å². The maximum absolute atomic E-state index is 14.5. The molecular weight excluding hydrogens is 380 g/mol. The zero-order chi connectivity index (χ0) is 19.9. The summed E-state index contributed by atoms with van der Waals surface area (Å²) in [5.74, 6) is -0.458. The monoisotopic (exact) mass is 398 g/mol. The smallest absolute Gasteiger partial charge is 0.423 e. The lowest BCUT2D eigenvalue weighted by molar-refractivity contribution is -0.138. The number of nitrogens with one attached hydrogen (secondary N) is 2. The molecule has 2 aliphatic rings. The number of aromatic nitrogens is 2. The van der Waals surface area contributed by atoms with E-state index in [-0.39, 0.29) is 30.6 Å². The number of fused-ring (bicyclic) bond motifs is 1. The number of hydrogen-bond acceptors (Lipinski definition) is 5. The van der Waals surface area contributed by atoms with Gasteiger partial charge < -0.3 is 15.0 Å². The van der Waals surface area contributed by atoms with Gasteiger partial charge in [0.2, 0.25) is 0 Å². The lowest BCUT2D eigenvalue weighted by Crippen LogP contribution is -2.37. The normalized spacial score (nSPS) is 19.6. The summed E-state index contributed by atoms with van der Waals surface area (Å²) in [6.45, 7) is 1.66. The Kier molecular flexibility index (Phi) is 4.74. The molecule has 2 aromatic rings. The van der Waals surface area contributed by atoms with E-state index in [1.807, 2.05) is 5.10 Å². The summed E-state index contributed by atoms with van der Waals surface area (Å²) in [5, 5.41) is 8.49. The van der Waals surface area contributed by atoms with Gasteiger partial charge in [-0.2, -0.15) is 18.3 Å². The summed E-state index contributed by atoms with van der Waals surface area (Å²) in [6, 6.07) is 2.82. The predicted octanol–water partition coefficient (Wildman–Crippen LogP) is 2.58. The minimum Gasteiger partial charge on any atom is -0.486 e. The molecule has 10 heteroatoms. The third-order valence-corrected chi connectivity index (χ3v) is 4.98. The van der Waals surface area contributed by atoms with Gasteiger partial charge in [0.25, 0.3) is 5.56 Å². The number of rotatable bonds is 3. The van der Waals surface area contributed by atoms with Crippen LogP contribution in [0.25, 0.3) is 0 Å². The fourth-order valence-electron chi connectivity index (χ4n) is 3.66. The van der Waals surface area contributed by atoms with E-state index in [1.54, 1.807) is 0 Å². The Morgan fingerprint density at radius 2 is 1.96 bits per heavy atom. The third kappa shape index (κ3) is 3.56. The fraction of sp³-hybridized carbons (Fsp3) is 0.444. The van der Waals surface area contributed by atoms with E-state index in [0.717, 1.165) is 25.6 Å². The van der Waals surface area contributed by atoms with E-state index in [0.29, 0.717) is 17.7 Å². The summed E-state index contributed by atoms with van der Waals surface area (Å²) in [6.07, 6.45) is -2.26. The van der Waals surface area contributed by atoms with Crippen molar-refractivity contribution >= 4 is 5.69 Å². The third-order valence-electron chi connectivity index (χ3n) is 4.98. The molecule has 2 aliphatic heterocycles. The highest BCUT2D eigenvalue weighted by molar-refractivity contribution is 5.57. The number of ether oxygens (including phenoxy) is 1. The summed E-state index contributed by atoms with van der Waals surface area (Å²) >= 11 is 0. The maximum atomic E-state index is 14.5. The molecule has 2 N–H and O–H groups in total. The van der Waals surface area contributed by atoms with Gasteiger partial charge in [-0.3, -0.25) is 4.79 Å². The molecule has 0 radical (unpaired) electrons. The Balaban J connectivity index is 1.61. The van der Waals surface area contributed by atoms with E-state index in [4.69, 9.17) is 4.74 Å². The van der Waals surface area contributed by atoms with E-state index in [2.05, 4.69) is 10.4 Å². The molecule has 0 aliphatic carbocycles. The van der Waals surface area contributed by atoms with Crippen molar-refractivity contribution in [1.82, 2.24) is 15.5 Å². The minimum absolute atomic E-state index is 0.0474. The van der Waals surface area contributed by atoms with Gasteiger partial charge in [0.1, 0.15) is 11.7 Å². The average Bonchev–Trinajstić information content (AvgIpc) is 3.04. The van der Waals surface area contributed by atoms with Crippen molar-refractivity contribution in [2.45, 2.75) is 38.2 Å². The van der Waals surface area contributed by atoms with Crippen LogP contribution in [0.1, 0.15) is 29.5 Å². The van der Waals surface area contributed by atoms with Gasteiger partial charge in [0, 0.05) is 19.6 Å². The topological polar surface area (TPSA) is 70.2 Å². The highest BCUT2D eigenvalue weighted by atomic mass is 19.4. The van der Waals surface area contributed by atoms with Crippen molar-refractivity contribution in [3.63, 3.8) is 0 Å². The van der Waals surface area contributed by atoms with Crippen LogP contribution >= 0.6 is 0 Å². The SMILES string of the molecule is O=c1[nH]ncc(N2Cc3cc(F)c(OC4CCCNC4)cc3C2)c1C(F)(F)F. The van der Waals surface area contributed by atoms with E-state index in [9.17, 15) is 22.4 Å². The van der Waals surface area contributed by atoms with Crippen LogP contribution in [0.15, 0.2) is 23.1 Å². The molecule has 6 nitrogen and oxygen atoms in total. The fourth-order valence-corrected chi connectivity index (χ4v) is 3.66. The maximum Gasteiger partial charge on any atom is 0.423 e. The highest BCUT2D eigenvalue weighted by Gasteiger charge is 2.39. The number of benzene rings is 1. The van der Waals surface area contributed by atoms with Gasteiger partial charge in [-0.25, -0.2) is 9.49 Å². The number of hydrogen-bond donors (Lipinski definition) is 2. The lowest BCUT2D eigenvalue weighted by atomic mass is 10.1. The average molecular weight is 398 g/mol. The first-order chi connectivity index (χ1) is 13.3. The molecule has 28 heavy (non-hydrogen) atoms. The zero-order valence-corrected chi connectivity index (χ0v) is 14.8. The Labute approximate surface area is 157 Å². The molecule has 1 fully saturated rings. The Morgan fingerprint density at radius 1 is 1.21 bits per heavy atom. The first kappa shape index (κ1) is 18.7. The van der Waals surface area contributed by atoms with Crippen molar-refractivity contribution in [2.75, 3.05) is 18.0 Å². The number of anilines is 1. The van der Waals surface area contributed by atoms with Crippen molar-refractivity contribution in [3.8, 4) is 5.75 Å². The first-order valence-corrected chi connectivity index (χ1v) is 8.91. The van der Waals surface area contributed by atoms with Crippen LogP contribution in [0.2, 0.25) is 0 Å². The van der Waals surface area contributed by atoms with Crippen LogP contribution in [0.3, 0.4) is 0 Å². The van der Waals surface area contributed by atoms with Gasteiger partial charge >= 0.3 is 6.18 Å². The van der Waals surface area contributed by atoms with Gasteiger partial charge in [0.15, 0.2) is 11.6 Å². The first-order valence-electron chi connectivity index (χ1n) is 8.91. The van der Waals surface area contributed by atoms with Crippen molar-refractivity contribution in [3.05, 3.63) is 51.2 Å². The molecule has 1 unspecified atom stereocenters. The number of nitrogens with zero attached hydrogens (tertiary/aromatic N) is 2. The Hall–Kier alpha value is -2.62. The molecule has 4 rings (SSSR count). The molecule has 0 bridgehead atoms. The summed E-state index contributed by atoms with van der Waals surface area (Å²) < 4.78 is 60.2. The van der Waals surface area contributed by atoms with Crippen LogP contribution in [0.4, 0.5) is 23.2 Å². The second kappa shape index (κ2) is 7.08. The predicted molar refractivity (Wildman–Crippen MR) is 92.7 cm³/mol. The van der Waals surface area contributed by atoms with Crippen LogP contribution < -0.4 is 20.5 Å². The molecule has 1 aromatic heterocycles. The number of alkyl halides is 3. The molecule has 0 amide bonds. The van der Waals surface area contributed by atoms with Crippen LogP contribution in [0.5, 0.6) is 5.75 Å². The molecule has 1 saturated heterocycles. The Bertz CT molecular complexity index is 938. The van der Waals surface area contributed by atoms with Crippen molar-refractivity contribution in [1.29, 1.82) is 0 Å². The molecule has 1 aromatic carbocycles. The van der Waals surface area contributed by atoms with Crippen molar-refractivity contribution < 1.29 is 22.3 Å². The summed E-state index contributed by atoms with van der Waals surface area (Å²) in [7, 11) is 0. The molecule has 3 heterocycles. The van der Waals surface area contributed by atoms with Crippen LogP contribution in [0, 0.1) is 5.82 Å². The van der Waals surface area contributed by atoms with Crippen molar-refractivity contribution in [2.24, 2.45) is 0 Å². The highest BCUT2D eigenvalue weighted by Crippen LogP contribution is 2.38. The molecule has 0 saturated carbocycles. The molecule has 150 valence electrons. The lowest BCUT2D eigenvalue weighted by Gasteiger charge is -2.24. The van der Waals surface area contributed by atoms with Gasteiger partial charge in [0.05, 0.1) is 11.9 Å². The standard InChI is InChI=1S/C18H18F4N4O2/c19-13-4-10-8-26(14-7-24-25-17(27)16(14)18(20,21)22)9-11(10)5-15(13)28-12-2-1-3-23-6-12/h4-5,7,12,23H,1-3,6,8-9H2,(H,25,27). The Morgan fingerprint density at radius 3 is 2.64 bits per heavy atom. The largest absolute Gasteiger partial charge is 0.486 e. The number of aromatic amines is 1. The van der Waals surface area contributed by atoms with Gasteiger partial charge in [-0.05, 0) is 42.6 Å². The zero-order valence-electron chi connectivity index (χ0n) is 14.8. The molecule has 1 atom stereocenters. The van der Waals surface area contributed by atoms with Crippen LogP contribution in [-0.4, -0.2) is 29.4 Å². The van der Waals surface area contributed by atoms with E-state index >= 15 is 0 Å². The number of piperidine rings is 1. The van der Waals surface area contributed by atoms with E-state index in [1.165, 1.54) is 17.0 Å². The quantitative estimate of drug-likeness (QED) is 0.778. The van der Waals surface area contributed by atoms with E-state index < -0.39 is 23.1 Å². The number of H-pyrrole nitrogens is 1. The second-order valence-electron chi connectivity index (χ2n) is 6.95.